The van der Waals surface area contributed by atoms with Crippen molar-refractivity contribution in [1.29, 1.82) is 0 Å². The molecular weight excluding hydrogens is 827 g/mol. The largest absolute Gasteiger partial charge is 0.465 e. The number of hydrogen-bond donors (Lipinski definition) is 3. The molecule has 1 amide bonds. The van der Waals surface area contributed by atoms with Crippen LogP contribution in [0, 0.1) is 0 Å². The Morgan fingerprint density at radius 2 is 0.776 bits per heavy atom. The van der Waals surface area contributed by atoms with Gasteiger partial charge in [0.05, 0.1) is 25.4 Å². The highest BCUT2D eigenvalue weighted by molar-refractivity contribution is 5.76. The highest BCUT2D eigenvalue weighted by atomic mass is 16.5. The average molecular weight is 939 g/mol. The standard InChI is InChI=1S/C61H111NO5/c1-3-5-7-9-11-13-15-17-18-26-30-33-37-41-45-49-53-59(64)58(57-63)62-60(65)54-50-46-42-38-34-31-27-24-22-20-19-21-23-25-28-32-36-40-44-48-52-56-67-61(66)55-51-47-43-39-35-29-16-14-12-10-8-6-4-2/h8,10,14,16,32,36,44,48-49,53,58-59,63-64H,3-7,9,11-13,15,17-31,33-35,37-43,45-47,50-52,54-57H2,1-2H3,(H,62,65)/b10-8-,16-14-,36-32-,48-44-,53-49+. The topological polar surface area (TPSA) is 95.9 Å². The fourth-order valence-electron chi connectivity index (χ4n) is 8.57. The number of nitrogens with one attached hydrogen (secondary N) is 1. The minimum absolute atomic E-state index is 0.0520. The molecular formula is C61H111NO5. The molecule has 3 N–H and O–H groups in total. The van der Waals surface area contributed by atoms with Gasteiger partial charge in [-0.3, -0.25) is 9.59 Å². The van der Waals surface area contributed by atoms with Crippen LogP contribution >= 0.6 is 0 Å². The van der Waals surface area contributed by atoms with E-state index in [0.29, 0.717) is 19.4 Å². The lowest BCUT2D eigenvalue weighted by Crippen LogP contribution is -2.45. The average Bonchev–Trinajstić information content (AvgIpc) is 3.33. The van der Waals surface area contributed by atoms with Crippen molar-refractivity contribution in [1.82, 2.24) is 5.32 Å². The van der Waals surface area contributed by atoms with Crippen molar-refractivity contribution in [2.24, 2.45) is 0 Å². The summed E-state index contributed by atoms with van der Waals surface area (Å²) >= 11 is 0. The van der Waals surface area contributed by atoms with Crippen LogP contribution in [0.25, 0.3) is 0 Å². The van der Waals surface area contributed by atoms with Crippen LogP contribution in [-0.4, -0.2) is 47.4 Å². The van der Waals surface area contributed by atoms with Gasteiger partial charge in [-0.25, -0.2) is 0 Å². The van der Waals surface area contributed by atoms with Crippen LogP contribution in [0.4, 0.5) is 0 Å². The number of aliphatic hydroxyl groups is 2. The molecule has 0 spiro atoms. The molecule has 390 valence electrons. The van der Waals surface area contributed by atoms with Gasteiger partial charge >= 0.3 is 5.97 Å². The molecule has 0 saturated carbocycles. The van der Waals surface area contributed by atoms with E-state index in [1.54, 1.807) is 6.08 Å². The first kappa shape index (κ1) is 64.6. The molecule has 0 aliphatic rings. The maximum Gasteiger partial charge on any atom is 0.305 e. The van der Waals surface area contributed by atoms with E-state index in [-0.39, 0.29) is 18.5 Å². The summed E-state index contributed by atoms with van der Waals surface area (Å²) in [6.45, 7) is 4.72. The Labute approximate surface area is 416 Å². The van der Waals surface area contributed by atoms with Gasteiger partial charge in [0, 0.05) is 12.8 Å². The van der Waals surface area contributed by atoms with Crippen LogP contribution in [0.1, 0.15) is 290 Å². The number of rotatable bonds is 53. The van der Waals surface area contributed by atoms with Crippen molar-refractivity contribution < 1.29 is 24.5 Å². The summed E-state index contributed by atoms with van der Waals surface area (Å²) in [5, 5.41) is 23.1. The third-order valence-corrected chi connectivity index (χ3v) is 13.0. The van der Waals surface area contributed by atoms with Gasteiger partial charge in [0.2, 0.25) is 5.91 Å². The summed E-state index contributed by atoms with van der Waals surface area (Å²) in [7, 11) is 0. The fourth-order valence-corrected chi connectivity index (χ4v) is 8.57. The molecule has 2 atom stereocenters. The number of unbranched alkanes of at least 4 members (excludes halogenated alkanes) is 34. The van der Waals surface area contributed by atoms with Gasteiger partial charge in [-0.1, -0.05) is 261 Å². The van der Waals surface area contributed by atoms with Crippen molar-refractivity contribution in [3.8, 4) is 0 Å². The summed E-state index contributed by atoms with van der Waals surface area (Å²) in [6.07, 6.45) is 72.6. The van der Waals surface area contributed by atoms with Crippen LogP contribution in [0.3, 0.4) is 0 Å². The number of aliphatic hydroxyl groups excluding tert-OH is 2. The second-order valence-corrected chi connectivity index (χ2v) is 19.6. The van der Waals surface area contributed by atoms with Gasteiger partial charge in [-0.2, -0.15) is 0 Å². The van der Waals surface area contributed by atoms with E-state index in [1.165, 1.54) is 199 Å². The third kappa shape index (κ3) is 52.8. The molecule has 6 heteroatoms. The molecule has 67 heavy (non-hydrogen) atoms. The molecule has 0 aromatic rings. The van der Waals surface area contributed by atoms with Gasteiger partial charge in [0.1, 0.15) is 0 Å². The lowest BCUT2D eigenvalue weighted by molar-refractivity contribution is -0.143. The Hall–Kier alpha value is -2.44. The summed E-state index contributed by atoms with van der Waals surface area (Å²) in [6, 6.07) is -0.633. The molecule has 0 aromatic heterocycles. The van der Waals surface area contributed by atoms with E-state index in [2.05, 4.69) is 67.8 Å². The molecule has 0 rings (SSSR count). The van der Waals surface area contributed by atoms with Crippen LogP contribution in [0.15, 0.2) is 60.8 Å². The summed E-state index contributed by atoms with van der Waals surface area (Å²) in [5.41, 5.74) is 0. The zero-order valence-corrected chi connectivity index (χ0v) is 44.4. The number of carbonyl (C=O) groups is 2. The van der Waals surface area contributed by atoms with Gasteiger partial charge < -0.3 is 20.3 Å². The number of ether oxygens (including phenoxy) is 1. The van der Waals surface area contributed by atoms with E-state index in [1.807, 2.05) is 6.08 Å². The maximum atomic E-state index is 12.5. The maximum absolute atomic E-state index is 12.5. The Kier molecular flexibility index (Phi) is 54.1. The van der Waals surface area contributed by atoms with Gasteiger partial charge in [-0.15, -0.1) is 0 Å². The molecule has 0 aliphatic carbocycles. The molecule has 0 aromatic carbocycles. The molecule has 0 saturated heterocycles. The zero-order chi connectivity index (χ0) is 48.6. The summed E-state index contributed by atoms with van der Waals surface area (Å²) < 4.78 is 5.40. The second kappa shape index (κ2) is 56.2. The van der Waals surface area contributed by atoms with Crippen LogP contribution in [0.5, 0.6) is 0 Å². The Morgan fingerprint density at radius 3 is 1.19 bits per heavy atom. The Balaban J connectivity index is 3.50. The first-order chi connectivity index (χ1) is 33.0. The number of carbonyl (C=O) groups excluding carboxylic acids is 2. The fraction of sp³-hybridized carbons (Fsp3) is 0.803. The molecule has 0 fully saturated rings. The number of allylic oxidation sites excluding steroid dienone is 8. The van der Waals surface area contributed by atoms with Gasteiger partial charge in [0.25, 0.3) is 0 Å². The summed E-state index contributed by atoms with van der Waals surface area (Å²) in [5.74, 6) is -0.125. The highest BCUT2D eigenvalue weighted by Gasteiger charge is 2.18. The molecule has 2 unspecified atom stereocenters. The van der Waals surface area contributed by atoms with Crippen molar-refractivity contribution in [3.05, 3.63) is 60.8 Å². The van der Waals surface area contributed by atoms with E-state index >= 15 is 0 Å². The smallest absolute Gasteiger partial charge is 0.305 e. The van der Waals surface area contributed by atoms with Crippen LogP contribution in [-0.2, 0) is 14.3 Å². The van der Waals surface area contributed by atoms with Crippen LogP contribution in [0.2, 0.25) is 0 Å². The summed E-state index contributed by atoms with van der Waals surface area (Å²) in [4.78, 5) is 24.4. The first-order valence-corrected chi connectivity index (χ1v) is 29.1. The number of hydrogen-bond acceptors (Lipinski definition) is 5. The van der Waals surface area contributed by atoms with Gasteiger partial charge in [-0.05, 0) is 77.0 Å². The predicted molar refractivity (Wildman–Crippen MR) is 292 cm³/mol. The second-order valence-electron chi connectivity index (χ2n) is 19.6. The Bertz CT molecular complexity index is 1170. The van der Waals surface area contributed by atoms with E-state index in [9.17, 15) is 19.8 Å². The van der Waals surface area contributed by atoms with Crippen molar-refractivity contribution in [2.75, 3.05) is 13.2 Å². The van der Waals surface area contributed by atoms with Crippen molar-refractivity contribution in [3.63, 3.8) is 0 Å². The zero-order valence-electron chi connectivity index (χ0n) is 44.4. The molecule has 0 heterocycles. The van der Waals surface area contributed by atoms with Crippen molar-refractivity contribution in [2.45, 2.75) is 302 Å². The predicted octanol–water partition coefficient (Wildman–Crippen LogP) is 18.0. The molecule has 6 nitrogen and oxygen atoms in total. The normalized spacial score (nSPS) is 13.1. The van der Waals surface area contributed by atoms with Crippen LogP contribution < -0.4 is 5.32 Å². The van der Waals surface area contributed by atoms with E-state index < -0.39 is 12.1 Å². The lowest BCUT2D eigenvalue weighted by atomic mass is 10.0. The van der Waals surface area contributed by atoms with Crippen molar-refractivity contribution >= 4 is 11.9 Å². The third-order valence-electron chi connectivity index (χ3n) is 13.0. The van der Waals surface area contributed by atoms with Gasteiger partial charge in [0.15, 0.2) is 0 Å². The molecule has 0 aliphatic heterocycles. The van der Waals surface area contributed by atoms with E-state index in [4.69, 9.17) is 4.74 Å². The SMILES string of the molecule is CCC/C=C\C/C=C\CCCCCCCC(=O)OCC/C=C\C/C=C\CCCCCCCCCCCCCCCCC(=O)NC(CO)C(O)/C=C/CCCCCCCCCCCCCCCC. The van der Waals surface area contributed by atoms with E-state index in [0.717, 1.165) is 64.2 Å². The Morgan fingerprint density at radius 1 is 0.418 bits per heavy atom. The first-order valence-electron chi connectivity index (χ1n) is 29.1. The number of esters is 1. The quantitative estimate of drug-likeness (QED) is 0.0321. The minimum atomic E-state index is -0.849. The molecule has 0 radical (unpaired) electrons. The minimum Gasteiger partial charge on any atom is -0.465 e. The molecule has 0 bridgehead atoms. The highest BCUT2D eigenvalue weighted by Crippen LogP contribution is 2.16. The number of amides is 1. The lowest BCUT2D eigenvalue weighted by Gasteiger charge is -2.20. The monoisotopic (exact) mass is 938 g/mol.